The molecule has 0 atom stereocenters. The topological polar surface area (TPSA) is 102 Å². The molecule has 4 aromatic carbocycles. The molecule has 0 heterocycles. The zero-order valence-corrected chi connectivity index (χ0v) is 15.7. The van der Waals surface area contributed by atoms with Gasteiger partial charge in [0.15, 0.2) is 0 Å². The molecule has 5 nitrogen and oxygen atoms in total. The summed E-state index contributed by atoms with van der Waals surface area (Å²) in [5.41, 5.74) is 14.6. The van der Waals surface area contributed by atoms with Crippen molar-refractivity contribution >= 4 is 11.4 Å². The van der Waals surface area contributed by atoms with Crippen LogP contribution in [0.1, 0.15) is 0 Å². The van der Waals surface area contributed by atoms with Crippen LogP contribution in [0.25, 0.3) is 11.1 Å². The molecular weight excluding hydrogens is 364 g/mol. The number of hydrogen-bond acceptors (Lipinski definition) is 5. The van der Waals surface area contributed by atoms with E-state index >= 15 is 0 Å². The van der Waals surface area contributed by atoms with Crippen LogP contribution in [0.15, 0.2) is 97.1 Å². The summed E-state index contributed by atoms with van der Waals surface area (Å²) in [6, 6.07) is 28.4. The van der Waals surface area contributed by atoms with E-state index in [-0.39, 0.29) is 11.5 Å². The number of anilines is 2. The molecule has 0 amide bonds. The number of nitrogen functional groups attached to an aromatic ring is 2. The Labute approximate surface area is 169 Å². The van der Waals surface area contributed by atoms with Gasteiger partial charge in [0.2, 0.25) is 0 Å². The second-order valence-corrected chi connectivity index (χ2v) is 6.33. The van der Waals surface area contributed by atoms with Crippen molar-refractivity contribution in [2.24, 2.45) is 0 Å². The van der Waals surface area contributed by atoms with Crippen molar-refractivity contribution in [2.45, 2.75) is 0 Å². The molecule has 0 aromatic heterocycles. The van der Waals surface area contributed by atoms with Gasteiger partial charge in [-0.1, -0.05) is 24.3 Å². The molecule has 0 unspecified atom stereocenters. The van der Waals surface area contributed by atoms with Crippen LogP contribution in [-0.2, 0) is 0 Å². The van der Waals surface area contributed by atoms with Crippen LogP contribution in [-0.4, -0.2) is 10.2 Å². The lowest BCUT2D eigenvalue weighted by molar-refractivity contribution is 0.474. The maximum absolute atomic E-state index is 9.11. The van der Waals surface area contributed by atoms with Gasteiger partial charge in [0.1, 0.15) is 23.0 Å². The van der Waals surface area contributed by atoms with Gasteiger partial charge < -0.3 is 26.4 Å². The first-order valence-electron chi connectivity index (χ1n) is 8.97. The van der Waals surface area contributed by atoms with Gasteiger partial charge in [-0.15, -0.1) is 0 Å². The Morgan fingerprint density at radius 2 is 0.759 bits per heavy atom. The molecule has 0 spiro atoms. The van der Waals surface area contributed by atoms with E-state index in [2.05, 4.69) is 0 Å². The number of phenolic OH excluding ortho intramolecular Hbond substituents is 2. The highest BCUT2D eigenvalue weighted by molar-refractivity contribution is 5.64. The lowest BCUT2D eigenvalue weighted by Crippen LogP contribution is -1.87. The largest absolute Gasteiger partial charge is 0.508 e. The summed E-state index contributed by atoms with van der Waals surface area (Å²) in [5.74, 6) is 2.03. The summed E-state index contributed by atoms with van der Waals surface area (Å²) < 4.78 is 5.58. The number of phenols is 2. The summed E-state index contributed by atoms with van der Waals surface area (Å²) in [6.07, 6.45) is 0. The van der Waals surface area contributed by atoms with Gasteiger partial charge in [0.05, 0.1) is 0 Å². The predicted octanol–water partition coefficient (Wildman–Crippen LogP) is 5.41. The lowest BCUT2D eigenvalue weighted by atomic mass is 10.1. The highest BCUT2D eigenvalue weighted by atomic mass is 16.5. The summed E-state index contributed by atoms with van der Waals surface area (Å²) in [6.45, 7) is 0. The van der Waals surface area contributed by atoms with Crippen molar-refractivity contribution in [3.05, 3.63) is 97.1 Å². The molecule has 6 N–H and O–H groups in total. The minimum Gasteiger partial charge on any atom is -0.508 e. The third-order valence-electron chi connectivity index (χ3n) is 4.06. The maximum Gasteiger partial charge on any atom is 0.127 e. The van der Waals surface area contributed by atoms with Gasteiger partial charge in [-0.05, 0) is 83.9 Å². The number of ether oxygens (including phenoxy) is 1. The molecule has 0 fully saturated rings. The number of rotatable bonds is 3. The molecule has 0 aliphatic rings. The SMILES string of the molecule is Nc1ccc(Oc2ccc(N)cc2)cc1.Oc1ccc(-c2ccc(O)cc2)cc1. The zero-order chi connectivity index (χ0) is 20.6. The van der Waals surface area contributed by atoms with E-state index in [4.69, 9.17) is 26.4 Å². The van der Waals surface area contributed by atoms with E-state index in [1.807, 2.05) is 48.5 Å². The molecule has 146 valence electrons. The van der Waals surface area contributed by atoms with Crippen LogP contribution < -0.4 is 16.2 Å². The molecule has 0 bridgehead atoms. The molecule has 0 radical (unpaired) electrons. The third kappa shape index (κ3) is 5.94. The molecule has 4 rings (SSSR count). The van der Waals surface area contributed by atoms with Crippen LogP contribution in [0.5, 0.6) is 23.0 Å². The Bertz CT molecular complexity index is 940. The smallest absolute Gasteiger partial charge is 0.127 e. The van der Waals surface area contributed by atoms with Crippen molar-refractivity contribution in [2.75, 3.05) is 11.5 Å². The zero-order valence-electron chi connectivity index (χ0n) is 15.7. The average Bonchev–Trinajstić information content (AvgIpc) is 2.73. The molecule has 29 heavy (non-hydrogen) atoms. The minimum atomic E-state index is 0.257. The van der Waals surface area contributed by atoms with Gasteiger partial charge in [0, 0.05) is 11.4 Å². The van der Waals surface area contributed by atoms with Crippen molar-refractivity contribution in [3.63, 3.8) is 0 Å². The van der Waals surface area contributed by atoms with E-state index in [9.17, 15) is 0 Å². The van der Waals surface area contributed by atoms with Crippen molar-refractivity contribution in [1.29, 1.82) is 0 Å². The Morgan fingerprint density at radius 1 is 0.448 bits per heavy atom. The first-order chi connectivity index (χ1) is 14.0. The molecule has 0 saturated carbocycles. The fourth-order valence-electron chi connectivity index (χ4n) is 2.52. The molecule has 0 saturated heterocycles. The van der Waals surface area contributed by atoms with Crippen molar-refractivity contribution in [3.8, 4) is 34.1 Å². The second kappa shape index (κ2) is 9.19. The van der Waals surface area contributed by atoms with E-state index in [0.717, 1.165) is 34.0 Å². The third-order valence-corrected chi connectivity index (χ3v) is 4.06. The molecular formula is C24H22N2O3. The minimum absolute atomic E-state index is 0.257. The normalized spacial score (nSPS) is 9.93. The van der Waals surface area contributed by atoms with Crippen molar-refractivity contribution in [1.82, 2.24) is 0 Å². The highest BCUT2D eigenvalue weighted by Crippen LogP contribution is 2.24. The van der Waals surface area contributed by atoms with Gasteiger partial charge in [-0.3, -0.25) is 0 Å². The van der Waals surface area contributed by atoms with Crippen molar-refractivity contribution < 1.29 is 14.9 Å². The Balaban J connectivity index is 0.000000166. The average molecular weight is 386 g/mol. The summed E-state index contributed by atoms with van der Waals surface area (Å²) in [4.78, 5) is 0. The fourth-order valence-corrected chi connectivity index (χ4v) is 2.52. The van der Waals surface area contributed by atoms with Gasteiger partial charge >= 0.3 is 0 Å². The quantitative estimate of drug-likeness (QED) is 0.353. The van der Waals surface area contributed by atoms with E-state index in [0.29, 0.717) is 0 Å². The monoisotopic (exact) mass is 386 g/mol. The molecule has 0 aliphatic carbocycles. The van der Waals surface area contributed by atoms with Crippen LogP contribution in [0.3, 0.4) is 0 Å². The number of nitrogens with two attached hydrogens (primary N) is 2. The number of benzene rings is 4. The molecule has 5 heteroatoms. The first kappa shape index (κ1) is 19.6. The summed E-state index contributed by atoms with van der Waals surface area (Å²) in [5, 5.41) is 18.2. The maximum atomic E-state index is 9.11. The lowest BCUT2D eigenvalue weighted by Gasteiger charge is -2.05. The van der Waals surface area contributed by atoms with E-state index in [1.54, 1.807) is 48.5 Å². The highest BCUT2D eigenvalue weighted by Gasteiger charge is 1.97. The Kier molecular flexibility index (Phi) is 6.22. The molecule has 4 aromatic rings. The fraction of sp³-hybridized carbons (Fsp3) is 0. The van der Waals surface area contributed by atoms with Crippen LogP contribution in [0, 0.1) is 0 Å². The van der Waals surface area contributed by atoms with E-state index < -0.39 is 0 Å². The van der Waals surface area contributed by atoms with Crippen LogP contribution >= 0.6 is 0 Å². The Morgan fingerprint density at radius 3 is 1.07 bits per heavy atom. The number of aromatic hydroxyl groups is 2. The van der Waals surface area contributed by atoms with Gasteiger partial charge in [-0.2, -0.15) is 0 Å². The summed E-state index contributed by atoms with van der Waals surface area (Å²) in [7, 11) is 0. The standard InChI is InChI=1S/C12H12N2O.C12H10O2/c13-9-1-5-11(6-2-9)15-12-7-3-10(14)4-8-12;13-11-5-1-9(2-6-11)10-3-7-12(14)8-4-10/h1-8H,13-14H2;1-8,13-14H. The Hall–Kier alpha value is -4.12. The predicted molar refractivity (Wildman–Crippen MR) is 117 cm³/mol. The van der Waals surface area contributed by atoms with Crippen LogP contribution in [0.4, 0.5) is 11.4 Å². The first-order valence-corrected chi connectivity index (χ1v) is 8.97. The number of hydrogen-bond donors (Lipinski definition) is 4. The van der Waals surface area contributed by atoms with Gasteiger partial charge in [-0.25, -0.2) is 0 Å². The van der Waals surface area contributed by atoms with Crippen LogP contribution in [0.2, 0.25) is 0 Å². The van der Waals surface area contributed by atoms with E-state index in [1.165, 1.54) is 0 Å². The molecule has 0 aliphatic heterocycles. The second-order valence-electron chi connectivity index (χ2n) is 6.33. The summed E-state index contributed by atoms with van der Waals surface area (Å²) >= 11 is 0. The van der Waals surface area contributed by atoms with Gasteiger partial charge in [0.25, 0.3) is 0 Å².